The molecule has 6 nitrogen and oxygen atoms in total. The Hall–Kier alpha value is -3.48. The van der Waals surface area contributed by atoms with E-state index in [9.17, 15) is 0 Å². The van der Waals surface area contributed by atoms with Crippen molar-refractivity contribution in [3.8, 4) is 11.1 Å². The summed E-state index contributed by atoms with van der Waals surface area (Å²) in [5.41, 5.74) is 18.3. The molecule has 1 fully saturated rings. The van der Waals surface area contributed by atoms with Crippen LogP contribution >= 0.6 is 0 Å². The molecule has 0 amide bonds. The predicted molar refractivity (Wildman–Crippen MR) is 126 cm³/mol. The summed E-state index contributed by atoms with van der Waals surface area (Å²) < 4.78 is 5.42. The van der Waals surface area contributed by atoms with E-state index in [0.29, 0.717) is 16.9 Å². The lowest BCUT2D eigenvalue weighted by Crippen LogP contribution is -2.35. The maximum absolute atomic E-state index is 8.63. The van der Waals surface area contributed by atoms with Crippen LogP contribution in [0.4, 0.5) is 5.69 Å². The van der Waals surface area contributed by atoms with E-state index in [2.05, 4.69) is 22.0 Å². The van der Waals surface area contributed by atoms with Gasteiger partial charge in [0, 0.05) is 48.8 Å². The summed E-state index contributed by atoms with van der Waals surface area (Å²) in [7, 11) is 0. The molecule has 1 saturated heterocycles. The summed E-state index contributed by atoms with van der Waals surface area (Å²) in [5.74, 6) is 0. The van der Waals surface area contributed by atoms with Gasteiger partial charge < -0.3 is 16.2 Å². The minimum atomic E-state index is 0.210. The SMILES string of the molecule is N=C(/C(N)=C/c1cccc(CN2CCOCC2)c1)c1cc(-c2cccnc2)ccc1N. The highest BCUT2D eigenvalue weighted by molar-refractivity contribution is 6.15. The first-order valence-corrected chi connectivity index (χ1v) is 10.4. The topological polar surface area (TPSA) is 101 Å². The van der Waals surface area contributed by atoms with Gasteiger partial charge in [-0.15, -0.1) is 0 Å². The molecule has 0 bridgehead atoms. The number of nitrogens with two attached hydrogens (primary N) is 2. The standard InChI is InChI=1S/C25H27N5O/c26-23-7-6-20(21-5-2-8-29-16-21)15-22(23)25(28)24(27)14-18-3-1-4-19(13-18)17-30-9-11-31-12-10-30/h1-8,13-16,28H,9-12,17,26-27H2/b24-14-,28-25?. The highest BCUT2D eigenvalue weighted by atomic mass is 16.5. The molecule has 6 heteroatoms. The van der Waals surface area contributed by atoms with E-state index in [0.717, 1.165) is 49.5 Å². The van der Waals surface area contributed by atoms with Crippen LogP contribution in [0.1, 0.15) is 16.7 Å². The van der Waals surface area contributed by atoms with E-state index in [1.165, 1.54) is 5.56 Å². The van der Waals surface area contributed by atoms with Gasteiger partial charge in [0.15, 0.2) is 0 Å². The van der Waals surface area contributed by atoms with Gasteiger partial charge in [-0.1, -0.05) is 36.4 Å². The molecule has 0 radical (unpaired) electrons. The smallest absolute Gasteiger partial charge is 0.0862 e. The molecule has 2 heterocycles. The van der Waals surface area contributed by atoms with E-state index in [1.807, 2.05) is 48.5 Å². The number of pyridine rings is 1. The third kappa shape index (κ3) is 5.17. The number of rotatable bonds is 6. The van der Waals surface area contributed by atoms with Gasteiger partial charge in [-0.3, -0.25) is 15.3 Å². The van der Waals surface area contributed by atoms with Crippen molar-refractivity contribution in [3.05, 3.63) is 89.4 Å². The number of morpholine rings is 1. The van der Waals surface area contributed by atoms with Crippen LogP contribution in [0.15, 0.2) is 72.7 Å². The second-order valence-electron chi connectivity index (χ2n) is 7.65. The first-order valence-electron chi connectivity index (χ1n) is 10.4. The van der Waals surface area contributed by atoms with Crippen molar-refractivity contribution in [1.29, 1.82) is 5.41 Å². The quantitative estimate of drug-likeness (QED) is 0.424. The molecule has 0 aliphatic carbocycles. The number of nitrogens with zero attached hydrogens (tertiary/aromatic N) is 2. The Labute approximate surface area is 182 Å². The zero-order valence-electron chi connectivity index (χ0n) is 17.4. The maximum Gasteiger partial charge on any atom is 0.0862 e. The van der Waals surface area contributed by atoms with Crippen LogP contribution in [0.5, 0.6) is 0 Å². The van der Waals surface area contributed by atoms with E-state index < -0.39 is 0 Å². The molecule has 1 aromatic heterocycles. The summed E-state index contributed by atoms with van der Waals surface area (Å²) in [5, 5.41) is 8.63. The van der Waals surface area contributed by atoms with Crippen molar-refractivity contribution in [1.82, 2.24) is 9.88 Å². The van der Waals surface area contributed by atoms with Crippen molar-refractivity contribution in [3.63, 3.8) is 0 Å². The number of aromatic nitrogens is 1. The highest BCUT2D eigenvalue weighted by Crippen LogP contribution is 2.25. The van der Waals surface area contributed by atoms with Gasteiger partial charge >= 0.3 is 0 Å². The number of nitrogens with one attached hydrogen (secondary N) is 1. The van der Waals surface area contributed by atoms with Crippen molar-refractivity contribution in [2.45, 2.75) is 6.54 Å². The van der Waals surface area contributed by atoms with Gasteiger partial charge in [0.05, 0.1) is 24.6 Å². The Morgan fingerprint density at radius 2 is 1.90 bits per heavy atom. The fourth-order valence-corrected chi connectivity index (χ4v) is 3.69. The van der Waals surface area contributed by atoms with Crippen LogP contribution in [0, 0.1) is 5.41 Å². The largest absolute Gasteiger partial charge is 0.398 e. The normalized spacial score (nSPS) is 15.0. The van der Waals surface area contributed by atoms with E-state index in [1.54, 1.807) is 12.4 Å². The predicted octanol–water partition coefficient (Wildman–Crippen LogP) is 3.53. The Morgan fingerprint density at radius 3 is 2.68 bits per heavy atom. The molecule has 0 saturated carbocycles. The molecule has 1 aliphatic heterocycles. The lowest BCUT2D eigenvalue weighted by atomic mass is 9.98. The van der Waals surface area contributed by atoms with Crippen molar-refractivity contribution in [2.75, 3.05) is 32.0 Å². The molecular weight excluding hydrogens is 386 g/mol. The molecule has 31 heavy (non-hydrogen) atoms. The second kappa shape index (κ2) is 9.55. The summed E-state index contributed by atoms with van der Waals surface area (Å²) in [6.45, 7) is 4.33. The molecular formula is C25H27N5O. The maximum atomic E-state index is 8.63. The zero-order valence-corrected chi connectivity index (χ0v) is 17.4. The molecule has 2 aromatic carbocycles. The zero-order chi connectivity index (χ0) is 21.6. The minimum Gasteiger partial charge on any atom is -0.398 e. The molecule has 0 atom stereocenters. The van der Waals surface area contributed by atoms with Gasteiger partial charge in [-0.05, 0) is 41.0 Å². The number of hydrogen-bond donors (Lipinski definition) is 3. The van der Waals surface area contributed by atoms with E-state index in [-0.39, 0.29) is 5.71 Å². The Balaban J connectivity index is 1.55. The average molecular weight is 414 g/mol. The van der Waals surface area contributed by atoms with Crippen LogP contribution in [0.2, 0.25) is 0 Å². The van der Waals surface area contributed by atoms with Gasteiger partial charge in [-0.2, -0.15) is 0 Å². The van der Waals surface area contributed by atoms with Crippen LogP contribution in [0.3, 0.4) is 0 Å². The Morgan fingerprint density at radius 1 is 1.06 bits per heavy atom. The number of benzene rings is 2. The minimum absolute atomic E-state index is 0.210. The number of ether oxygens (including phenoxy) is 1. The molecule has 4 rings (SSSR count). The first-order chi connectivity index (χ1) is 15.1. The van der Waals surface area contributed by atoms with Crippen LogP contribution < -0.4 is 11.5 Å². The third-order valence-corrected chi connectivity index (χ3v) is 5.39. The molecule has 158 valence electrons. The van der Waals surface area contributed by atoms with Gasteiger partial charge in [0.25, 0.3) is 0 Å². The van der Waals surface area contributed by atoms with E-state index in [4.69, 9.17) is 21.6 Å². The summed E-state index contributed by atoms with van der Waals surface area (Å²) >= 11 is 0. The number of allylic oxidation sites excluding steroid dienone is 1. The van der Waals surface area contributed by atoms with Crippen LogP contribution in [0.25, 0.3) is 17.2 Å². The Bertz CT molecular complexity index is 1090. The summed E-state index contributed by atoms with van der Waals surface area (Å²) in [6.07, 6.45) is 5.36. The number of anilines is 1. The van der Waals surface area contributed by atoms with Crippen molar-refractivity contribution in [2.24, 2.45) is 5.73 Å². The van der Waals surface area contributed by atoms with Crippen molar-refractivity contribution < 1.29 is 4.74 Å². The van der Waals surface area contributed by atoms with Crippen LogP contribution in [-0.2, 0) is 11.3 Å². The number of nitrogen functional groups attached to an aromatic ring is 1. The van der Waals surface area contributed by atoms with Crippen molar-refractivity contribution >= 4 is 17.5 Å². The lowest BCUT2D eigenvalue weighted by molar-refractivity contribution is 0.0342. The fraction of sp³-hybridized carbons (Fsp3) is 0.200. The Kier molecular flexibility index (Phi) is 6.40. The average Bonchev–Trinajstić information content (AvgIpc) is 2.80. The molecule has 5 N–H and O–H groups in total. The van der Waals surface area contributed by atoms with Gasteiger partial charge in [-0.25, -0.2) is 0 Å². The molecule has 0 unspecified atom stereocenters. The summed E-state index contributed by atoms with van der Waals surface area (Å²) in [4.78, 5) is 6.54. The highest BCUT2D eigenvalue weighted by Gasteiger charge is 2.13. The fourth-order valence-electron chi connectivity index (χ4n) is 3.69. The molecule has 1 aliphatic rings. The number of hydrogen-bond acceptors (Lipinski definition) is 6. The molecule has 3 aromatic rings. The molecule has 0 spiro atoms. The first kappa shape index (κ1) is 20.8. The second-order valence-corrected chi connectivity index (χ2v) is 7.65. The van der Waals surface area contributed by atoms with Gasteiger partial charge in [0.1, 0.15) is 0 Å². The lowest BCUT2D eigenvalue weighted by Gasteiger charge is -2.26. The van der Waals surface area contributed by atoms with Crippen LogP contribution in [-0.4, -0.2) is 41.9 Å². The monoisotopic (exact) mass is 413 g/mol. The van der Waals surface area contributed by atoms with Gasteiger partial charge in [0.2, 0.25) is 0 Å². The third-order valence-electron chi connectivity index (χ3n) is 5.39. The van der Waals surface area contributed by atoms with E-state index >= 15 is 0 Å². The summed E-state index contributed by atoms with van der Waals surface area (Å²) in [6, 6.07) is 17.7.